The number of morpholine rings is 1. The fraction of sp³-hybridized carbons (Fsp3) is 0.368. The van der Waals surface area contributed by atoms with Crippen LogP contribution in [0.1, 0.15) is 5.82 Å². The number of ether oxygens (including phenoxy) is 3. The molecular weight excluding hydrogens is 350 g/mol. The monoisotopic (exact) mass is 371 g/mol. The van der Waals surface area contributed by atoms with Crippen molar-refractivity contribution in [2.24, 2.45) is 0 Å². The fourth-order valence-electron chi connectivity index (χ4n) is 3.25. The second-order valence-corrected chi connectivity index (χ2v) is 6.95. The average Bonchev–Trinajstić information content (AvgIpc) is 3.11. The van der Waals surface area contributed by atoms with Crippen molar-refractivity contribution < 1.29 is 14.2 Å². The van der Waals surface area contributed by atoms with E-state index in [9.17, 15) is 0 Å². The zero-order valence-corrected chi connectivity index (χ0v) is 15.9. The van der Waals surface area contributed by atoms with Gasteiger partial charge in [-0.2, -0.15) is 0 Å². The Morgan fingerprint density at radius 3 is 2.58 bits per heavy atom. The van der Waals surface area contributed by atoms with Crippen LogP contribution in [-0.4, -0.2) is 50.5 Å². The van der Waals surface area contributed by atoms with Crippen molar-refractivity contribution in [3.05, 3.63) is 29.4 Å². The summed E-state index contributed by atoms with van der Waals surface area (Å²) in [5.74, 6) is 3.21. The normalized spacial score (nSPS) is 14.7. The molecule has 0 spiro atoms. The first kappa shape index (κ1) is 17.1. The van der Waals surface area contributed by atoms with Crippen LogP contribution in [0.4, 0.5) is 5.82 Å². The second kappa shape index (κ2) is 7.09. The van der Waals surface area contributed by atoms with Crippen LogP contribution in [0.25, 0.3) is 21.3 Å². The molecule has 2 aromatic heterocycles. The topological polar surface area (TPSA) is 56.7 Å². The van der Waals surface area contributed by atoms with Gasteiger partial charge in [-0.05, 0) is 24.6 Å². The summed E-state index contributed by atoms with van der Waals surface area (Å²) in [6.07, 6.45) is 0. The molecule has 1 fully saturated rings. The minimum Gasteiger partial charge on any atom is -0.493 e. The highest BCUT2D eigenvalue weighted by Gasteiger charge is 2.21. The molecular formula is C19H21N3O3S. The van der Waals surface area contributed by atoms with Crippen LogP contribution in [0.5, 0.6) is 11.5 Å². The molecule has 4 rings (SSSR count). The highest BCUT2D eigenvalue weighted by atomic mass is 32.1. The molecule has 3 aromatic rings. The van der Waals surface area contributed by atoms with E-state index in [0.29, 0.717) is 5.75 Å². The Morgan fingerprint density at radius 2 is 1.85 bits per heavy atom. The van der Waals surface area contributed by atoms with Crippen molar-refractivity contribution in [2.45, 2.75) is 6.92 Å². The number of rotatable bonds is 4. The second-order valence-electron chi connectivity index (χ2n) is 6.09. The first-order valence-corrected chi connectivity index (χ1v) is 9.40. The number of nitrogens with zero attached hydrogens (tertiary/aromatic N) is 3. The van der Waals surface area contributed by atoms with Crippen molar-refractivity contribution in [1.82, 2.24) is 9.97 Å². The van der Waals surface area contributed by atoms with Gasteiger partial charge in [-0.15, -0.1) is 11.3 Å². The molecule has 0 radical (unpaired) electrons. The molecule has 1 aliphatic rings. The van der Waals surface area contributed by atoms with Gasteiger partial charge in [0.05, 0.1) is 32.8 Å². The van der Waals surface area contributed by atoms with E-state index in [-0.39, 0.29) is 0 Å². The largest absolute Gasteiger partial charge is 0.493 e. The summed E-state index contributed by atoms with van der Waals surface area (Å²) in [6, 6.07) is 5.98. The zero-order valence-electron chi connectivity index (χ0n) is 15.1. The third kappa shape index (κ3) is 2.97. The van der Waals surface area contributed by atoms with E-state index in [4.69, 9.17) is 19.2 Å². The smallest absolute Gasteiger partial charge is 0.161 e. The Labute approximate surface area is 156 Å². The van der Waals surface area contributed by atoms with E-state index in [1.807, 2.05) is 25.1 Å². The molecule has 3 heterocycles. The van der Waals surface area contributed by atoms with Gasteiger partial charge in [-0.1, -0.05) is 6.07 Å². The molecule has 0 N–H and O–H groups in total. The maximum absolute atomic E-state index is 5.50. The van der Waals surface area contributed by atoms with Crippen molar-refractivity contribution in [3.63, 3.8) is 0 Å². The summed E-state index contributed by atoms with van der Waals surface area (Å²) in [5.41, 5.74) is 2.18. The number of aryl methyl sites for hydroxylation is 1. The summed E-state index contributed by atoms with van der Waals surface area (Å²) in [7, 11) is 3.30. The van der Waals surface area contributed by atoms with Crippen LogP contribution in [0, 0.1) is 6.92 Å². The quantitative estimate of drug-likeness (QED) is 0.699. The van der Waals surface area contributed by atoms with Crippen LogP contribution >= 0.6 is 11.3 Å². The lowest BCUT2D eigenvalue weighted by Crippen LogP contribution is -2.37. The lowest BCUT2D eigenvalue weighted by Gasteiger charge is -2.28. The number of thiophene rings is 1. The van der Waals surface area contributed by atoms with Gasteiger partial charge in [0.2, 0.25) is 0 Å². The summed E-state index contributed by atoms with van der Waals surface area (Å²) in [5, 5.41) is 3.24. The first-order chi connectivity index (χ1) is 12.7. The van der Waals surface area contributed by atoms with E-state index in [1.165, 1.54) is 0 Å². The van der Waals surface area contributed by atoms with Crippen LogP contribution in [0.2, 0.25) is 0 Å². The molecule has 26 heavy (non-hydrogen) atoms. The Bertz CT molecular complexity index is 935. The molecule has 1 aliphatic heterocycles. The number of methoxy groups -OCH3 is 2. The lowest BCUT2D eigenvalue weighted by molar-refractivity contribution is 0.122. The lowest BCUT2D eigenvalue weighted by atomic mass is 10.0. The molecule has 1 aromatic carbocycles. The molecule has 1 saturated heterocycles. The fourth-order valence-corrected chi connectivity index (χ4v) is 4.23. The molecule has 0 unspecified atom stereocenters. The van der Waals surface area contributed by atoms with E-state index in [1.54, 1.807) is 25.6 Å². The maximum Gasteiger partial charge on any atom is 0.161 e. The van der Waals surface area contributed by atoms with Crippen molar-refractivity contribution in [1.29, 1.82) is 0 Å². The standard InChI is InChI=1S/C19H21N3O3S/c1-12-20-18(22-6-8-25-9-7-22)17-14(11-26-19(17)21-12)13-4-5-15(23-2)16(10-13)24-3/h4-5,10-11H,6-9H2,1-3H3. The van der Waals surface area contributed by atoms with Crippen molar-refractivity contribution in [3.8, 4) is 22.6 Å². The average molecular weight is 371 g/mol. The number of hydrogen-bond donors (Lipinski definition) is 0. The zero-order chi connectivity index (χ0) is 18.1. The molecule has 0 bridgehead atoms. The van der Waals surface area contributed by atoms with E-state index in [2.05, 4.69) is 15.3 Å². The van der Waals surface area contributed by atoms with Crippen LogP contribution in [0.15, 0.2) is 23.6 Å². The summed E-state index contributed by atoms with van der Waals surface area (Å²) >= 11 is 1.64. The minimum absolute atomic E-state index is 0.713. The summed E-state index contributed by atoms with van der Waals surface area (Å²) in [6.45, 7) is 5.07. The predicted octanol–water partition coefficient (Wildman–Crippen LogP) is 3.52. The van der Waals surface area contributed by atoms with Gasteiger partial charge in [0.25, 0.3) is 0 Å². The van der Waals surface area contributed by atoms with Gasteiger partial charge in [0.1, 0.15) is 16.5 Å². The van der Waals surface area contributed by atoms with Gasteiger partial charge >= 0.3 is 0 Å². The number of aromatic nitrogens is 2. The van der Waals surface area contributed by atoms with E-state index >= 15 is 0 Å². The van der Waals surface area contributed by atoms with Crippen molar-refractivity contribution in [2.75, 3.05) is 45.4 Å². The maximum atomic E-state index is 5.50. The van der Waals surface area contributed by atoms with Gasteiger partial charge in [0, 0.05) is 24.0 Å². The molecule has 0 atom stereocenters. The van der Waals surface area contributed by atoms with Crippen molar-refractivity contribution >= 4 is 27.4 Å². The van der Waals surface area contributed by atoms with Crippen LogP contribution < -0.4 is 14.4 Å². The van der Waals surface area contributed by atoms with Crippen LogP contribution in [-0.2, 0) is 4.74 Å². The minimum atomic E-state index is 0.713. The molecule has 0 aliphatic carbocycles. The van der Waals surface area contributed by atoms with Gasteiger partial charge in [-0.3, -0.25) is 0 Å². The number of anilines is 1. The van der Waals surface area contributed by atoms with E-state index < -0.39 is 0 Å². The predicted molar refractivity (Wildman–Crippen MR) is 104 cm³/mol. The molecule has 7 heteroatoms. The summed E-state index contributed by atoms with van der Waals surface area (Å²) < 4.78 is 16.3. The van der Waals surface area contributed by atoms with E-state index in [0.717, 1.165) is 65.0 Å². The number of hydrogen-bond acceptors (Lipinski definition) is 7. The molecule has 6 nitrogen and oxygen atoms in total. The number of benzene rings is 1. The first-order valence-electron chi connectivity index (χ1n) is 8.52. The van der Waals surface area contributed by atoms with Gasteiger partial charge in [0.15, 0.2) is 11.5 Å². The molecule has 136 valence electrons. The third-order valence-electron chi connectivity index (χ3n) is 4.53. The highest BCUT2D eigenvalue weighted by molar-refractivity contribution is 7.17. The SMILES string of the molecule is COc1ccc(-c2csc3nc(C)nc(N4CCOCC4)c23)cc1OC. The summed E-state index contributed by atoms with van der Waals surface area (Å²) in [4.78, 5) is 12.7. The Morgan fingerprint density at radius 1 is 1.08 bits per heavy atom. The Kier molecular flexibility index (Phi) is 4.65. The Balaban J connectivity index is 1.88. The molecule has 0 saturated carbocycles. The number of fused-ring (bicyclic) bond motifs is 1. The van der Waals surface area contributed by atoms with Gasteiger partial charge < -0.3 is 19.1 Å². The molecule has 0 amide bonds. The van der Waals surface area contributed by atoms with Crippen LogP contribution in [0.3, 0.4) is 0 Å². The van der Waals surface area contributed by atoms with Gasteiger partial charge in [-0.25, -0.2) is 9.97 Å². The Hall–Kier alpha value is -2.38. The third-order valence-corrected chi connectivity index (χ3v) is 5.40. The highest BCUT2D eigenvalue weighted by Crippen LogP contribution is 2.41.